The number of hydrogen-bond acceptors (Lipinski definition) is 4. The van der Waals surface area contributed by atoms with Crippen LogP contribution in [-0.2, 0) is 11.4 Å². The summed E-state index contributed by atoms with van der Waals surface area (Å²) in [5, 5.41) is 9.39. The lowest BCUT2D eigenvalue weighted by atomic mass is 10.1. The average Bonchev–Trinajstić information content (AvgIpc) is 3.26. The third kappa shape index (κ3) is 4.68. The second-order valence-electron chi connectivity index (χ2n) is 6.35. The summed E-state index contributed by atoms with van der Waals surface area (Å²) in [5.41, 5.74) is 1.92. The highest BCUT2D eigenvalue weighted by Crippen LogP contribution is 2.30. The molecule has 5 heteroatoms. The minimum atomic E-state index is -0.210. The Kier molecular flexibility index (Phi) is 6.11. The summed E-state index contributed by atoms with van der Waals surface area (Å²) in [6.07, 6.45) is 3.58. The van der Waals surface area contributed by atoms with Crippen LogP contribution in [0.15, 0.2) is 54.1 Å². The number of amides is 1. The van der Waals surface area contributed by atoms with Gasteiger partial charge in [0, 0.05) is 13.1 Å². The summed E-state index contributed by atoms with van der Waals surface area (Å²) in [7, 11) is 1.57. The Hall–Kier alpha value is -3.26. The van der Waals surface area contributed by atoms with Crippen LogP contribution in [0.5, 0.6) is 11.5 Å². The Morgan fingerprint density at radius 3 is 2.56 bits per heavy atom. The van der Waals surface area contributed by atoms with Crippen LogP contribution in [0.1, 0.15) is 24.0 Å². The standard InChI is InChI=1S/C22H22N2O3/c1-26-21-14-18(13-19(15-23)22(25)24-11-5-6-12-24)9-10-20(21)27-16-17-7-3-2-4-8-17/h2-4,7-10,13-14H,5-6,11-12,16H2,1H3/b19-13-. The van der Waals surface area contributed by atoms with Gasteiger partial charge in [-0.15, -0.1) is 0 Å². The smallest absolute Gasteiger partial charge is 0.264 e. The van der Waals surface area contributed by atoms with Crippen molar-refractivity contribution in [3.8, 4) is 17.6 Å². The molecule has 0 unspecified atom stereocenters. The molecule has 0 atom stereocenters. The first kappa shape index (κ1) is 18.5. The Morgan fingerprint density at radius 2 is 1.89 bits per heavy atom. The third-order valence-electron chi connectivity index (χ3n) is 4.48. The lowest BCUT2D eigenvalue weighted by Crippen LogP contribution is -2.28. The minimum absolute atomic E-state index is 0.136. The van der Waals surface area contributed by atoms with Gasteiger partial charge in [0.05, 0.1) is 7.11 Å². The summed E-state index contributed by atoms with van der Waals surface area (Å²) in [6, 6.07) is 17.3. The molecule has 0 radical (unpaired) electrons. The van der Waals surface area contributed by atoms with Crippen LogP contribution in [0.4, 0.5) is 0 Å². The summed E-state index contributed by atoms with van der Waals surface area (Å²) in [6.45, 7) is 1.87. The monoisotopic (exact) mass is 362 g/mol. The van der Waals surface area contributed by atoms with E-state index in [0.29, 0.717) is 31.2 Å². The normalized spacial score (nSPS) is 13.9. The number of ether oxygens (including phenoxy) is 2. The highest BCUT2D eigenvalue weighted by molar-refractivity contribution is 6.01. The molecule has 0 spiro atoms. The molecule has 0 saturated carbocycles. The van der Waals surface area contributed by atoms with Gasteiger partial charge >= 0.3 is 0 Å². The van der Waals surface area contributed by atoms with Gasteiger partial charge in [0.15, 0.2) is 11.5 Å². The van der Waals surface area contributed by atoms with E-state index in [2.05, 4.69) is 0 Å². The average molecular weight is 362 g/mol. The van der Waals surface area contributed by atoms with Crippen LogP contribution < -0.4 is 9.47 Å². The van der Waals surface area contributed by atoms with Crippen LogP contribution in [0.3, 0.4) is 0 Å². The summed E-state index contributed by atoms with van der Waals surface area (Å²) >= 11 is 0. The van der Waals surface area contributed by atoms with E-state index in [9.17, 15) is 10.1 Å². The Morgan fingerprint density at radius 1 is 1.15 bits per heavy atom. The molecule has 2 aromatic carbocycles. The van der Waals surface area contributed by atoms with Crippen molar-refractivity contribution in [3.63, 3.8) is 0 Å². The second kappa shape index (κ2) is 8.91. The number of carbonyl (C=O) groups is 1. The molecular weight excluding hydrogens is 340 g/mol. The van der Waals surface area contributed by atoms with Crippen molar-refractivity contribution in [2.45, 2.75) is 19.4 Å². The van der Waals surface area contributed by atoms with E-state index < -0.39 is 0 Å². The lowest BCUT2D eigenvalue weighted by Gasteiger charge is -2.14. The molecule has 1 heterocycles. The molecular formula is C22H22N2O3. The topological polar surface area (TPSA) is 62.6 Å². The second-order valence-corrected chi connectivity index (χ2v) is 6.35. The zero-order chi connectivity index (χ0) is 19.1. The number of nitrogens with zero attached hydrogens (tertiary/aromatic N) is 2. The zero-order valence-electron chi connectivity index (χ0n) is 15.4. The van der Waals surface area contributed by atoms with Crippen LogP contribution in [0.2, 0.25) is 0 Å². The van der Waals surface area contributed by atoms with E-state index in [1.807, 2.05) is 42.5 Å². The molecule has 1 amide bonds. The van der Waals surface area contributed by atoms with Crippen LogP contribution >= 0.6 is 0 Å². The maximum atomic E-state index is 12.4. The number of hydrogen-bond donors (Lipinski definition) is 0. The summed E-state index contributed by atoms with van der Waals surface area (Å²) < 4.78 is 11.3. The lowest BCUT2D eigenvalue weighted by molar-refractivity contribution is -0.125. The Bertz CT molecular complexity index is 863. The van der Waals surface area contributed by atoms with Gasteiger partial charge < -0.3 is 14.4 Å². The predicted octanol–water partition coefficient (Wildman–Crippen LogP) is 3.80. The van der Waals surface area contributed by atoms with E-state index in [4.69, 9.17) is 9.47 Å². The predicted molar refractivity (Wildman–Crippen MR) is 103 cm³/mol. The summed E-state index contributed by atoms with van der Waals surface area (Å²) in [4.78, 5) is 14.2. The van der Waals surface area contributed by atoms with Crippen molar-refractivity contribution in [1.29, 1.82) is 5.26 Å². The highest BCUT2D eigenvalue weighted by Gasteiger charge is 2.21. The first-order chi connectivity index (χ1) is 13.2. The Labute approximate surface area is 159 Å². The van der Waals surface area contributed by atoms with E-state index in [1.165, 1.54) is 0 Å². The fourth-order valence-corrected chi connectivity index (χ4v) is 3.03. The fraction of sp³-hybridized carbons (Fsp3) is 0.273. The molecule has 3 rings (SSSR count). The quantitative estimate of drug-likeness (QED) is 0.579. The van der Waals surface area contributed by atoms with Crippen molar-refractivity contribution in [2.75, 3.05) is 20.2 Å². The SMILES string of the molecule is COc1cc(/C=C(/C#N)C(=O)N2CCCC2)ccc1OCc1ccccc1. The molecule has 0 aromatic heterocycles. The zero-order valence-corrected chi connectivity index (χ0v) is 15.4. The molecule has 0 bridgehead atoms. The van der Waals surface area contributed by atoms with Crippen molar-refractivity contribution in [3.05, 3.63) is 65.2 Å². The van der Waals surface area contributed by atoms with Gasteiger partial charge in [0.25, 0.3) is 5.91 Å². The molecule has 1 saturated heterocycles. The van der Waals surface area contributed by atoms with Crippen LogP contribution in [0, 0.1) is 11.3 Å². The van der Waals surface area contributed by atoms with Gasteiger partial charge in [-0.05, 0) is 42.2 Å². The molecule has 0 N–H and O–H groups in total. The third-order valence-corrected chi connectivity index (χ3v) is 4.48. The van der Waals surface area contributed by atoms with E-state index in [-0.39, 0.29) is 11.5 Å². The summed E-state index contributed by atoms with van der Waals surface area (Å²) in [5.74, 6) is 0.965. The van der Waals surface area contributed by atoms with Gasteiger partial charge in [-0.3, -0.25) is 4.79 Å². The van der Waals surface area contributed by atoms with Gasteiger partial charge in [0.1, 0.15) is 18.2 Å². The van der Waals surface area contributed by atoms with Crippen molar-refractivity contribution in [2.24, 2.45) is 0 Å². The number of likely N-dealkylation sites (tertiary alicyclic amines) is 1. The maximum Gasteiger partial charge on any atom is 0.264 e. The fourth-order valence-electron chi connectivity index (χ4n) is 3.03. The molecule has 1 fully saturated rings. The molecule has 27 heavy (non-hydrogen) atoms. The van der Waals surface area contributed by atoms with Crippen molar-refractivity contribution < 1.29 is 14.3 Å². The number of carbonyl (C=O) groups excluding carboxylic acids is 1. The van der Waals surface area contributed by atoms with E-state index in [1.54, 1.807) is 30.2 Å². The number of nitriles is 1. The van der Waals surface area contributed by atoms with E-state index in [0.717, 1.165) is 24.0 Å². The largest absolute Gasteiger partial charge is 0.493 e. The molecule has 138 valence electrons. The molecule has 2 aromatic rings. The number of benzene rings is 2. The first-order valence-corrected chi connectivity index (χ1v) is 8.97. The van der Waals surface area contributed by atoms with Gasteiger partial charge in [0.2, 0.25) is 0 Å². The number of methoxy groups -OCH3 is 1. The first-order valence-electron chi connectivity index (χ1n) is 8.97. The van der Waals surface area contributed by atoms with Crippen molar-refractivity contribution >= 4 is 12.0 Å². The van der Waals surface area contributed by atoms with Crippen LogP contribution in [-0.4, -0.2) is 31.0 Å². The molecule has 5 nitrogen and oxygen atoms in total. The minimum Gasteiger partial charge on any atom is -0.493 e. The Balaban J connectivity index is 1.76. The molecule has 0 aliphatic carbocycles. The van der Waals surface area contributed by atoms with Crippen LogP contribution in [0.25, 0.3) is 6.08 Å². The maximum absolute atomic E-state index is 12.4. The van der Waals surface area contributed by atoms with Gasteiger partial charge in [-0.1, -0.05) is 36.4 Å². The molecule has 1 aliphatic rings. The van der Waals surface area contributed by atoms with Gasteiger partial charge in [-0.2, -0.15) is 5.26 Å². The number of rotatable bonds is 6. The van der Waals surface area contributed by atoms with Gasteiger partial charge in [-0.25, -0.2) is 0 Å². The van der Waals surface area contributed by atoms with Crippen molar-refractivity contribution in [1.82, 2.24) is 4.90 Å². The highest BCUT2D eigenvalue weighted by atomic mass is 16.5. The van der Waals surface area contributed by atoms with E-state index >= 15 is 0 Å². The molecule has 1 aliphatic heterocycles.